The summed E-state index contributed by atoms with van der Waals surface area (Å²) < 4.78 is 35.9. The zero-order chi connectivity index (χ0) is 15.9. The summed E-state index contributed by atoms with van der Waals surface area (Å²) in [5.74, 6) is -0.595. The second-order valence-corrected chi connectivity index (χ2v) is 5.94. The summed E-state index contributed by atoms with van der Waals surface area (Å²) in [5.41, 5.74) is 3.44. The lowest BCUT2D eigenvalue weighted by Crippen LogP contribution is -2.12. The molecule has 114 valence electrons. The van der Waals surface area contributed by atoms with Gasteiger partial charge in [-0.3, -0.25) is 9.55 Å². The fraction of sp³-hybridized carbons (Fsp3) is 0.133. The fourth-order valence-corrected chi connectivity index (χ4v) is 3.02. The van der Waals surface area contributed by atoms with Crippen LogP contribution in [-0.4, -0.2) is 18.9 Å². The van der Waals surface area contributed by atoms with Gasteiger partial charge < -0.3 is 9.29 Å². The van der Waals surface area contributed by atoms with Gasteiger partial charge in [-0.15, -0.1) is 0 Å². The minimum Gasteiger partial charge on any atom is -0.862 e. The smallest absolute Gasteiger partial charge is 0.446 e. The molecular weight excluding hydrogens is 306 g/mol. The minimum atomic E-state index is -4.72. The summed E-state index contributed by atoms with van der Waals surface area (Å²) in [6.07, 6.45) is 0.442. The Morgan fingerprint density at radius 1 is 1.23 bits per heavy atom. The summed E-state index contributed by atoms with van der Waals surface area (Å²) in [4.78, 5) is 3.74. The van der Waals surface area contributed by atoms with Gasteiger partial charge in [0.1, 0.15) is 5.69 Å². The van der Waals surface area contributed by atoms with Crippen molar-refractivity contribution in [2.75, 3.05) is 0 Å². The Hall–Kier alpha value is -2.38. The van der Waals surface area contributed by atoms with Gasteiger partial charge >= 0.3 is 10.4 Å². The molecule has 0 amide bonds. The van der Waals surface area contributed by atoms with E-state index in [2.05, 4.69) is 9.18 Å². The van der Waals surface area contributed by atoms with Crippen LogP contribution >= 0.6 is 0 Å². The van der Waals surface area contributed by atoms with Crippen molar-refractivity contribution in [2.24, 2.45) is 4.99 Å². The first kappa shape index (κ1) is 14.6. The highest BCUT2D eigenvalue weighted by Gasteiger charge is 2.26. The second-order valence-electron chi connectivity index (χ2n) is 4.92. The molecule has 0 heterocycles. The van der Waals surface area contributed by atoms with Crippen LogP contribution in [0.25, 0.3) is 11.1 Å². The van der Waals surface area contributed by atoms with Crippen molar-refractivity contribution >= 4 is 22.0 Å². The quantitative estimate of drug-likeness (QED) is 0.451. The third-order valence-corrected chi connectivity index (χ3v) is 3.76. The fourth-order valence-electron chi connectivity index (χ4n) is 2.63. The van der Waals surface area contributed by atoms with E-state index in [9.17, 15) is 13.5 Å². The molecule has 0 saturated heterocycles. The van der Waals surface area contributed by atoms with Crippen LogP contribution in [0.3, 0.4) is 0 Å². The van der Waals surface area contributed by atoms with E-state index in [1.165, 1.54) is 13.0 Å². The molecule has 0 radical (unpaired) electrons. The highest BCUT2D eigenvalue weighted by molar-refractivity contribution is 7.81. The van der Waals surface area contributed by atoms with E-state index in [1.54, 1.807) is 6.07 Å². The van der Waals surface area contributed by atoms with E-state index in [0.717, 1.165) is 16.7 Å². The SMILES string of the molecule is CC([O-])=Nc1ccc2c(c1OS(=O)(=O)O)Cc1ccccc1-2. The highest BCUT2D eigenvalue weighted by Crippen LogP contribution is 2.45. The molecule has 2 aromatic rings. The van der Waals surface area contributed by atoms with Gasteiger partial charge in [-0.05, 0) is 35.6 Å². The standard InChI is InChI=1S/C15H13NO5S/c1-9(17)16-14-7-6-12-11-5-3-2-4-10(11)8-13(12)15(14)21-22(18,19)20/h2-7H,8H2,1H3,(H,16,17)(H,18,19,20)/p-1. The highest BCUT2D eigenvalue weighted by atomic mass is 32.3. The van der Waals surface area contributed by atoms with Gasteiger partial charge in [0.15, 0.2) is 5.75 Å². The number of benzene rings is 2. The van der Waals surface area contributed by atoms with Crippen LogP contribution in [0.2, 0.25) is 0 Å². The Kier molecular flexibility index (Phi) is 3.38. The third-order valence-electron chi connectivity index (χ3n) is 3.38. The molecule has 1 aliphatic carbocycles. The molecule has 0 aromatic heterocycles. The van der Waals surface area contributed by atoms with Crippen LogP contribution in [0.15, 0.2) is 41.4 Å². The lowest BCUT2D eigenvalue weighted by molar-refractivity contribution is -0.215. The van der Waals surface area contributed by atoms with E-state index in [-0.39, 0.29) is 11.4 Å². The van der Waals surface area contributed by atoms with Crippen LogP contribution in [0.4, 0.5) is 5.69 Å². The maximum atomic E-state index is 11.2. The molecule has 7 heteroatoms. The van der Waals surface area contributed by atoms with Crippen molar-refractivity contribution in [2.45, 2.75) is 13.3 Å². The summed E-state index contributed by atoms with van der Waals surface area (Å²) >= 11 is 0. The van der Waals surface area contributed by atoms with Gasteiger partial charge in [-0.2, -0.15) is 8.42 Å². The zero-order valence-corrected chi connectivity index (χ0v) is 12.4. The summed E-state index contributed by atoms with van der Waals surface area (Å²) in [5, 5.41) is 11.2. The van der Waals surface area contributed by atoms with E-state index in [1.807, 2.05) is 24.3 Å². The summed E-state index contributed by atoms with van der Waals surface area (Å²) in [6.45, 7) is 1.25. The molecule has 0 aliphatic heterocycles. The molecule has 0 unspecified atom stereocenters. The van der Waals surface area contributed by atoms with Crippen LogP contribution in [0.1, 0.15) is 18.1 Å². The molecule has 0 saturated carbocycles. The topological polar surface area (TPSA) is 99.0 Å². The van der Waals surface area contributed by atoms with Gasteiger partial charge in [-0.25, -0.2) is 0 Å². The maximum Gasteiger partial charge on any atom is 0.446 e. The number of fused-ring (bicyclic) bond motifs is 3. The monoisotopic (exact) mass is 318 g/mol. The van der Waals surface area contributed by atoms with Gasteiger partial charge in [0.05, 0.1) is 0 Å². The third kappa shape index (κ3) is 2.68. The molecule has 6 nitrogen and oxygen atoms in total. The molecular formula is C15H12NO5S-. The molecule has 0 atom stereocenters. The Morgan fingerprint density at radius 2 is 1.95 bits per heavy atom. The number of nitrogens with zero attached hydrogens (tertiary/aromatic N) is 1. The van der Waals surface area contributed by atoms with Gasteiger partial charge in [0, 0.05) is 12.0 Å². The Morgan fingerprint density at radius 3 is 2.64 bits per heavy atom. The Balaban J connectivity index is 2.23. The molecule has 2 aromatic carbocycles. The minimum absolute atomic E-state index is 0.0803. The second kappa shape index (κ2) is 5.11. The van der Waals surface area contributed by atoms with E-state index < -0.39 is 16.3 Å². The zero-order valence-electron chi connectivity index (χ0n) is 11.6. The first-order valence-electron chi connectivity index (χ1n) is 6.48. The number of rotatable bonds is 3. The average Bonchev–Trinajstić information content (AvgIpc) is 2.78. The predicted molar refractivity (Wildman–Crippen MR) is 79.6 cm³/mol. The first-order valence-corrected chi connectivity index (χ1v) is 7.85. The molecule has 1 N–H and O–H groups in total. The van der Waals surface area contributed by atoms with E-state index >= 15 is 0 Å². The van der Waals surface area contributed by atoms with Crippen molar-refractivity contribution < 1.29 is 22.3 Å². The van der Waals surface area contributed by atoms with Crippen molar-refractivity contribution in [3.8, 4) is 16.9 Å². The normalized spacial score (nSPS) is 13.6. The van der Waals surface area contributed by atoms with E-state index in [0.29, 0.717) is 12.0 Å². The number of hydrogen-bond acceptors (Lipinski definition) is 5. The van der Waals surface area contributed by atoms with Gasteiger partial charge in [0.2, 0.25) is 0 Å². The largest absolute Gasteiger partial charge is 0.862 e. The van der Waals surface area contributed by atoms with Crippen molar-refractivity contribution in [3.05, 3.63) is 47.5 Å². The summed E-state index contributed by atoms with van der Waals surface area (Å²) in [6, 6.07) is 10.9. The van der Waals surface area contributed by atoms with E-state index in [4.69, 9.17) is 4.55 Å². The van der Waals surface area contributed by atoms with Crippen molar-refractivity contribution in [1.29, 1.82) is 0 Å². The predicted octanol–water partition coefficient (Wildman–Crippen LogP) is 1.85. The molecule has 1 aliphatic rings. The number of aliphatic imine (C=N–C) groups is 1. The van der Waals surface area contributed by atoms with Gasteiger partial charge in [-0.1, -0.05) is 30.3 Å². The average molecular weight is 318 g/mol. The Bertz CT molecular complexity index is 883. The molecule has 3 rings (SSSR count). The van der Waals surface area contributed by atoms with Crippen LogP contribution in [-0.2, 0) is 16.8 Å². The summed E-state index contributed by atoms with van der Waals surface area (Å²) in [7, 11) is -4.72. The number of hydrogen-bond donors (Lipinski definition) is 1. The van der Waals surface area contributed by atoms with Crippen molar-refractivity contribution in [1.82, 2.24) is 0 Å². The van der Waals surface area contributed by atoms with Crippen LogP contribution in [0.5, 0.6) is 5.75 Å². The molecule has 0 spiro atoms. The van der Waals surface area contributed by atoms with Gasteiger partial charge in [0.25, 0.3) is 0 Å². The lowest BCUT2D eigenvalue weighted by atomic mass is 10.0. The molecule has 0 bridgehead atoms. The molecule has 0 fully saturated rings. The maximum absolute atomic E-state index is 11.2. The van der Waals surface area contributed by atoms with Crippen LogP contribution in [0, 0.1) is 0 Å². The first-order chi connectivity index (χ1) is 10.3. The Labute approximate surface area is 127 Å². The lowest BCUT2D eigenvalue weighted by Gasteiger charge is -2.12. The molecule has 22 heavy (non-hydrogen) atoms. The van der Waals surface area contributed by atoms with Crippen molar-refractivity contribution in [3.63, 3.8) is 0 Å². The van der Waals surface area contributed by atoms with Crippen LogP contribution < -0.4 is 9.29 Å².